The Kier molecular flexibility index (Phi) is 10.5. The predicted molar refractivity (Wildman–Crippen MR) is 100 cm³/mol. The molecule has 6 heteroatoms. The monoisotopic (exact) mass is 363 g/mol. The van der Waals surface area contributed by atoms with Gasteiger partial charge in [-0.1, -0.05) is 12.2 Å². The number of carbonyl (C=O) groups is 1. The van der Waals surface area contributed by atoms with Crippen molar-refractivity contribution >= 4 is 19.2 Å². The van der Waals surface area contributed by atoms with Crippen molar-refractivity contribution in [2.24, 2.45) is 4.74 Å². The second-order valence-electron chi connectivity index (χ2n) is 5.35. The topological polar surface area (TPSA) is 71.0 Å². The fourth-order valence-corrected chi connectivity index (χ4v) is 3.09. The molecule has 0 aliphatic heterocycles. The predicted octanol–water partition coefficient (Wildman–Crippen LogP) is 3.50. The highest BCUT2D eigenvalue weighted by Gasteiger charge is 2.17. The van der Waals surface area contributed by atoms with Gasteiger partial charge in [0.1, 0.15) is 11.8 Å². The van der Waals surface area contributed by atoms with Crippen molar-refractivity contribution in [2.45, 2.75) is 38.6 Å². The SMILES string of the molecule is C=CCCCOC(=O)CC(CC=C)N=[P+]([O-])c1ccc(OCC)cc1. The molecule has 0 aliphatic carbocycles. The summed E-state index contributed by atoms with van der Waals surface area (Å²) in [5.41, 5.74) is 0. The van der Waals surface area contributed by atoms with E-state index in [9.17, 15) is 9.69 Å². The van der Waals surface area contributed by atoms with Crippen molar-refractivity contribution in [3.63, 3.8) is 0 Å². The highest BCUT2D eigenvalue weighted by molar-refractivity contribution is 7.48. The van der Waals surface area contributed by atoms with Crippen molar-refractivity contribution in [3.05, 3.63) is 49.6 Å². The van der Waals surface area contributed by atoms with Crippen LogP contribution in [0.4, 0.5) is 0 Å². The van der Waals surface area contributed by atoms with E-state index < -0.39 is 14.0 Å². The van der Waals surface area contributed by atoms with Crippen LogP contribution in [0.2, 0.25) is 0 Å². The number of carbonyl (C=O) groups excluding carboxylic acids is 1. The van der Waals surface area contributed by atoms with E-state index in [4.69, 9.17) is 9.47 Å². The second kappa shape index (κ2) is 12.4. The molecule has 0 heterocycles. The zero-order chi connectivity index (χ0) is 18.5. The van der Waals surface area contributed by atoms with Crippen LogP contribution in [0.1, 0.15) is 32.6 Å². The van der Waals surface area contributed by atoms with Crippen LogP contribution in [0.25, 0.3) is 0 Å². The van der Waals surface area contributed by atoms with Crippen LogP contribution in [-0.4, -0.2) is 25.2 Å². The molecule has 0 fully saturated rings. The summed E-state index contributed by atoms with van der Waals surface area (Å²) >= 11 is 0. The first kappa shape index (κ1) is 21.1. The second-order valence-corrected chi connectivity index (χ2v) is 6.64. The van der Waals surface area contributed by atoms with E-state index in [1.54, 1.807) is 36.4 Å². The average molecular weight is 363 g/mol. The van der Waals surface area contributed by atoms with Gasteiger partial charge < -0.3 is 14.4 Å². The summed E-state index contributed by atoms with van der Waals surface area (Å²) in [6, 6.07) is 6.58. The molecule has 0 saturated carbocycles. The van der Waals surface area contributed by atoms with Crippen LogP contribution in [-0.2, 0) is 9.53 Å². The Balaban J connectivity index is 2.66. The number of hydrogen-bond acceptors (Lipinski definition) is 5. The highest BCUT2D eigenvalue weighted by atomic mass is 31.1. The van der Waals surface area contributed by atoms with Gasteiger partial charge in [0.25, 0.3) is 0 Å². The molecule has 1 rings (SSSR count). The Morgan fingerprint density at radius 1 is 1.32 bits per heavy atom. The number of rotatable bonds is 12. The van der Waals surface area contributed by atoms with Crippen molar-refractivity contribution in [2.75, 3.05) is 13.2 Å². The van der Waals surface area contributed by atoms with Gasteiger partial charge in [-0.05, 0) is 50.5 Å². The zero-order valence-corrected chi connectivity index (χ0v) is 15.6. The molecule has 0 N–H and O–H groups in total. The molecule has 0 aliphatic rings. The van der Waals surface area contributed by atoms with Gasteiger partial charge >= 0.3 is 5.97 Å². The third-order valence-electron chi connectivity index (χ3n) is 3.29. The van der Waals surface area contributed by atoms with Crippen molar-refractivity contribution in [3.8, 4) is 5.75 Å². The van der Waals surface area contributed by atoms with Crippen LogP contribution in [0.15, 0.2) is 54.3 Å². The van der Waals surface area contributed by atoms with Crippen molar-refractivity contribution in [1.82, 2.24) is 0 Å². The first-order valence-electron chi connectivity index (χ1n) is 8.39. The fraction of sp³-hybridized carbons (Fsp3) is 0.421. The standard InChI is InChI=1S/C19H26NO4P/c1-4-7-8-14-24-19(21)15-16(9-5-2)20-25(22)18-12-10-17(11-13-18)23-6-3/h4-5,10-13,16H,1-2,6-9,14-15H2,3H3. The molecular formula is C19H26NO4P. The molecule has 25 heavy (non-hydrogen) atoms. The number of ether oxygens (including phenoxy) is 2. The maximum absolute atomic E-state index is 12.4. The molecule has 1 aromatic rings. The zero-order valence-electron chi connectivity index (χ0n) is 14.7. The van der Waals surface area contributed by atoms with Crippen LogP contribution >= 0.6 is 7.94 Å². The number of allylic oxidation sites excluding steroid dienone is 1. The smallest absolute Gasteiger partial charge is 0.308 e. The van der Waals surface area contributed by atoms with E-state index >= 15 is 0 Å². The van der Waals surface area contributed by atoms with Gasteiger partial charge in [0.2, 0.25) is 7.94 Å². The molecule has 136 valence electrons. The van der Waals surface area contributed by atoms with Gasteiger partial charge in [-0.3, -0.25) is 4.79 Å². The van der Waals surface area contributed by atoms with Gasteiger partial charge in [-0.25, -0.2) is 0 Å². The highest BCUT2D eigenvalue weighted by Crippen LogP contribution is 2.21. The number of esters is 1. The summed E-state index contributed by atoms with van der Waals surface area (Å²) < 4.78 is 14.8. The Morgan fingerprint density at radius 3 is 2.64 bits per heavy atom. The summed E-state index contributed by atoms with van der Waals surface area (Å²) in [5, 5.41) is 0.604. The molecule has 0 amide bonds. The van der Waals surface area contributed by atoms with Crippen LogP contribution in [0.5, 0.6) is 5.75 Å². The first-order chi connectivity index (χ1) is 12.1. The largest absolute Gasteiger partial charge is 0.607 e. The van der Waals surface area contributed by atoms with E-state index in [1.807, 2.05) is 6.92 Å². The summed E-state index contributed by atoms with van der Waals surface area (Å²) in [6.07, 6.45) is 5.57. The van der Waals surface area contributed by atoms with Crippen LogP contribution in [0, 0.1) is 0 Å². The molecule has 0 radical (unpaired) electrons. The Hall–Kier alpha value is -1.97. The summed E-state index contributed by atoms with van der Waals surface area (Å²) in [5.74, 6) is 0.384. The molecule has 0 aromatic heterocycles. The fourth-order valence-electron chi connectivity index (χ4n) is 2.08. The molecular weight excluding hydrogens is 337 g/mol. The molecule has 1 aromatic carbocycles. The van der Waals surface area contributed by atoms with Crippen LogP contribution < -0.4 is 14.9 Å². The van der Waals surface area contributed by atoms with E-state index in [-0.39, 0.29) is 12.4 Å². The van der Waals surface area contributed by atoms with Crippen molar-refractivity contribution < 1.29 is 19.2 Å². The molecule has 2 atom stereocenters. The maximum atomic E-state index is 12.4. The maximum Gasteiger partial charge on any atom is 0.308 e. The molecule has 0 saturated heterocycles. The normalized spacial score (nSPS) is 12.3. The lowest BCUT2D eigenvalue weighted by atomic mass is 10.1. The first-order valence-corrected chi connectivity index (χ1v) is 9.60. The molecule has 2 unspecified atom stereocenters. The van der Waals surface area contributed by atoms with Crippen LogP contribution in [0.3, 0.4) is 0 Å². The summed E-state index contributed by atoms with van der Waals surface area (Å²) in [6.45, 7) is 10.1. The van der Waals surface area contributed by atoms with Gasteiger partial charge in [0.05, 0.1) is 19.6 Å². The number of hydrogen-bond donors (Lipinski definition) is 0. The van der Waals surface area contributed by atoms with Crippen molar-refractivity contribution in [1.29, 1.82) is 0 Å². The van der Waals surface area contributed by atoms with Gasteiger partial charge in [0, 0.05) is 0 Å². The molecule has 5 nitrogen and oxygen atoms in total. The lowest BCUT2D eigenvalue weighted by molar-refractivity contribution is -0.152. The minimum atomic E-state index is -1.95. The Labute approximate surface area is 150 Å². The Bertz CT molecular complexity index is 584. The van der Waals surface area contributed by atoms with Gasteiger partial charge in [-0.15, -0.1) is 17.9 Å². The van der Waals surface area contributed by atoms with Gasteiger partial charge in [0.15, 0.2) is 5.30 Å². The molecule has 0 bridgehead atoms. The average Bonchev–Trinajstić information content (AvgIpc) is 2.60. The third-order valence-corrected chi connectivity index (χ3v) is 4.57. The lowest BCUT2D eigenvalue weighted by Crippen LogP contribution is -2.16. The minimum Gasteiger partial charge on any atom is -0.607 e. The lowest BCUT2D eigenvalue weighted by Gasteiger charge is -2.09. The summed E-state index contributed by atoms with van der Waals surface area (Å²) in [7, 11) is -1.95. The summed E-state index contributed by atoms with van der Waals surface area (Å²) in [4.78, 5) is 24.3. The number of benzene rings is 1. The third kappa shape index (κ3) is 8.62. The number of unbranched alkanes of at least 4 members (excludes halogenated alkanes) is 1. The molecule has 0 spiro atoms. The van der Waals surface area contributed by atoms with E-state index in [0.717, 1.165) is 18.6 Å². The van der Waals surface area contributed by atoms with Gasteiger partial charge in [-0.2, -0.15) is 0 Å². The van der Waals surface area contributed by atoms with E-state index in [1.165, 1.54) is 0 Å². The minimum absolute atomic E-state index is 0.0954. The Morgan fingerprint density at radius 2 is 2.04 bits per heavy atom. The quantitative estimate of drug-likeness (QED) is 0.247. The van der Waals surface area contributed by atoms with E-state index in [2.05, 4.69) is 17.9 Å². The number of nitrogens with zero attached hydrogens (tertiary/aromatic N) is 1. The van der Waals surface area contributed by atoms with E-state index in [0.29, 0.717) is 24.9 Å².